The summed E-state index contributed by atoms with van der Waals surface area (Å²) in [5.41, 5.74) is 1.32. The van der Waals surface area contributed by atoms with E-state index in [1.807, 2.05) is 31.2 Å². The van der Waals surface area contributed by atoms with Gasteiger partial charge in [-0.3, -0.25) is 18.7 Å². The maximum atomic E-state index is 13.1. The smallest absolute Gasteiger partial charge is 0.329 e. The highest BCUT2D eigenvalue weighted by atomic mass is 16.5. The third-order valence-corrected chi connectivity index (χ3v) is 5.30. The molecule has 29 heavy (non-hydrogen) atoms. The molecule has 3 aromatic rings. The summed E-state index contributed by atoms with van der Waals surface area (Å²) in [5.74, 6) is -0.111. The molecule has 152 valence electrons. The Balaban J connectivity index is 1.57. The molecule has 1 unspecified atom stereocenters. The Hall–Kier alpha value is -3.13. The number of carbonyl (C=O) groups is 2. The molecule has 1 saturated heterocycles. The van der Waals surface area contributed by atoms with Gasteiger partial charge in [-0.1, -0.05) is 12.1 Å². The minimum absolute atomic E-state index is 0.0716. The second-order valence-corrected chi connectivity index (χ2v) is 7.02. The van der Waals surface area contributed by atoms with E-state index in [-0.39, 0.29) is 48.8 Å². The fourth-order valence-corrected chi connectivity index (χ4v) is 3.86. The summed E-state index contributed by atoms with van der Waals surface area (Å²) in [4.78, 5) is 40.0. The van der Waals surface area contributed by atoms with Crippen molar-refractivity contribution in [1.82, 2.24) is 14.0 Å². The van der Waals surface area contributed by atoms with E-state index in [2.05, 4.69) is 0 Å². The van der Waals surface area contributed by atoms with Crippen molar-refractivity contribution < 1.29 is 18.7 Å². The van der Waals surface area contributed by atoms with E-state index in [9.17, 15) is 14.4 Å². The molecule has 8 nitrogen and oxygen atoms in total. The first-order valence-electron chi connectivity index (χ1n) is 9.72. The lowest BCUT2D eigenvalue weighted by Crippen LogP contribution is -2.51. The number of imidazole rings is 1. The Morgan fingerprint density at radius 2 is 1.86 bits per heavy atom. The highest BCUT2D eigenvalue weighted by Gasteiger charge is 2.30. The first-order valence-corrected chi connectivity index (χ1v) is 9.72. The molecule has 0 spiro atoms. The quantitative estimate of drug-likeness (QED) is 0.593. The van der Waals surface area contributed by atoms with Crippen LogP contribution >= 0.6 is 0 Å². The zero-order valence-electron chi connectivity index (χ0n) is 16.2. The van der Waals surface area contributed by atoms with Crippen LogP contribution in [0.2, 0.25) is 0 Å². The summed E-state index contributed by atoms with van der Waals surface area (Å²) in [6.07, 6.45) is 1.56. The minimum atomic E-state index is -0.385. The van der Waals surface area contributed by atoms with E-state index in [1.165, 1.54) is 10.8 Å². The number of para-hydroxylation sites is 2. The summed E-state index contributed by atoms with van der Waals surface area (Å²) in [7, 11) is 0. The Labute approximate surface area is 167 Å². The standard InChI is InChI=1S/C21H23N3O5/c1-2-22-16-6-3-4-7-17(16)24(21(22)27)13-20(26)23-9-11-28-14-15(23)12-18(25)19-8-5-10-29-19/h3-8,10,15H,2,9,11-14H2,1H3. The zero-order chi connectivity index (χ0) is 20.4. The van der Waals surface area contributed by atoms with Crippen LogP contribution in [0.15, 0.2) is 51.9 Å². The largest absolute Gasteiger partial charge is 0.461 e. The van der Waals surface area contributed by atoms with Gasteiger partial charge in [0.25, 0.3) is 0 Å². The number of rotatable bonds is 6. The van der Waals surface area contributed by atoms with Gasteiger partial charge in [-0.15, -0.1) is 0 Å². The molecule has 3 heterocycles. The van der Waals surface area contributed by atoms with Crippen LogP contribution in [0.1, 0.15) is 23.9 Å². The lowest BCUT2D eigenvalue weighted by atomic mass is 10.1. The number of nitrogens with zero attached hydrogens (tertiary/aromatic N) is 3. The second kappa shape index (κ2) is 8.08. The number of aromatic nitrogens is 2. The van der Waals surface area contributed by atoms with Gasteiger partial charge in [0.2, 0.25) is 5.91 Å². The highest BCUT2D eigenvalue weighted by Crippen LogP contribution is 2.17. The summed E-state index contributed by atoms with van der Waals surface area (Å²) >= 11 is 0. The predicted octanol–water partition coefficient (Wildman–Crippen LogP) is 1.92. The molecule has 1 aliphatic rings. The molecule has 1 atom stereocenters. The first-order chi connectivity index (χ1) is 14.1. The van der Waals surface area contributed by atoms with Crippen LogP contribution in [0.3, 0.4) is 0 Å². The van der Waals surface area contributed by atoms with Crippen molar-refractivity contribution >= 4 is 22.7 Å². The number of hydrogen-bond donors (Lipinski definition) is 0. The minimum Gasteiger partial charge on any atom is -0.461 e. The van der Waals surface area contributed by atoms with Gasteiger partial charge in [0.15, 0.2) is 11.5 Å². The molecule has 1 fully saturated rings. The van der Waals surface area contributed by atoms with Gasteiger partial charge in [0.1, 0.15) is 6.54 Å². The normalized spacial score (nSPS) is 17.0. The molecule has 0 aliphatic carbocycles. The molecule has 0 saturated carbocycles. The van der Waals surface area contributed by atoms with Crippen LogP contribution in [0.25, 0.3) is 11.0 Å². The maximum Gasteiger partial charge on any atom is 0.329 e. The highest BCUT2D eigenvalue weighted by molar-refractivity contribution is 5.94. The van der Waals surface area contributed by atoms with Gasteiger partial charge in [0, 0.05) is 19.5 Å². The molecule has 8 heteroatoms. The average molecular weight is 397 g/mol. The van der Waals surface area contributed by atoms with Crippen molar-refractivity contribution in [2.75, 3.05) is 19.8 Å². The molecule has 2 aromatic heterocycles. The summed E-state index contributed by atoms with van der Waals surface area (Å²) in [6.45, 7) is 3.43. The number of ether oxygens (including phenoxy) is 1. The Kier molecular flexibility index (Phi) is 5.35. The van der Waals surface area contributed by atoms with Crippen molar-refractivity contribution in [3.8, 4) is 0 Å². The third-order valence-electron chi connectivity index (χ3n) is 5.30. The predicted molar refractivity (Wildman–Crippen MR) is 106 cm³/mol. The lowest BCUT2D eigenvalue weighted by molar-refractivity contribution is -0.140. The molecular weight excluding hydrogens is 374 g/mol. The van der Waals surface area contributed by atoms with E-state index in [4.69, 9.17) is 9.15 Å². The maximum absolute atomic E-state index is 13.1. The lowest BCUT2D eigenvalue weighted by Gasteiger charge is -2.35. The van der Waals surface area contributed by atoms with Gasteiger partial charge in [0.05, 0.1) is 36.6 Å². The zero-order valence-corrected chi connectivity index (χ0v) is 16.2. The van der Waals surface area contributed by atoms with E-state index in [0.717, 1.165) is 11.0 Å². The van der Waals surface area contributed by atoms with Gasteiger partial charge >= 0.3 is 5.69 Å². The number of Topliss-reactive ketones (excluding diaryl/α,β-unsaturated/α-hetero) is 1. The number of fused-ring (bicyclic) bond motifs is 1. The number of morpholine rings is 1. The number of ketones is 1. The van der Waals surface area contributed by atoms with Crippen molar-refractivity contribution in [3.05, 3.63) is 58.9 Å². The molecular formula is C21H23N3O5. The molecule has 1 aliphatic heterocycles. The molecule has 1 aromatic carbocycles. The third kappa shape index (κ3) is 3.63. The second-order valence-electron chi connectivity index (χ2n) is 7.02. The van der Waals surface area contributed by atoms with Crippen LogP contribution < -0.4 is 5.69 Å². The van der Waals surface area contributed by atoms with Crippen molar-refractivity contribution in [1.29, 1.82) is 0 Å². The molecule has 0 bridgehead atoms. The van der Waals surface area contributed by atoms with E-state index in [0.29, 0.717) is 19.7 Å². The summed E-state index contributed by atoms with van der Waals surface area (Å²) in [6, 6.07) is 10.3. The van der Waals surface area contributed by atoms with E-state index in [1.54, 1.807) is 21.6 Å². The fraction of sp³-hybridized carbons (Fsp3) is 0.381. The molecule has 1 amide bonds. The number of hydrogen-bond acceptors (Lipinski definition) is 5. The van der Waals surface area contributed by atoms with E-state index >= 15 is 0 Å². The van der Waals surface area contributed by atoms with Gasteiger partial charge < -0.3 is 14.1 Å². The Morgan fingerprint density at radius 1 is 1.10 bits per heavy atom. The van der Waals surface area contributed by atoms with Gasteiger partial charge in [-0.25, -0.2) is 4.79 Å². The number of amides is 1. The number of carbonyl (C=O) groups excluding carboxylic acids is 2. The Bertz CT molecular complexity index is 1080. The van der Waals surface area contributed by atoms with Crippen LogP contribution in [0.4, 0.5) is 0 Å². The van der Waals surface area contributed by atoms with Crippen molar-refractivity contribution in [3.63, 3.8) is 0 Å². The fourth-order valence-electron chi connectivity index (χ4n) is 3.86. The number of aryl methyl sites for hydroxylation is 1. The van der Waals surface area contributed by atoms with Crippen LogP contribution in [0.5, 0.6) is 0 Å². The SMILES string of the molecule is CCn1c(=O)n(CC(=O)N2CCOCC2CC(=O)c2ccco2)c2ccccc21. The monoisotopic (exact) mass is 397 g/mol. The molecule has 0 radical (unpaired) electrons. The van der Waals surface area contributed by atoms with Crippen LogP contribution in [-0.2, 0) is 22.6 Å². The average Bonchev–Trinajstić information content (AvgIpc) is 3.36. The van der Waals surface area contributed by atoms with Gasteiger partial charge in [-0.05, 0) is 31.2 Å². The molecule has 0 N–H and O–H groups in total. The summed E-state index contributed by atoms with van der Waals surface area (Å²) in [5, 5.41) is 0. The van der Waals surface area contributed by atoms with Crippen LogP contribution in [0, 0.1) is 0 Å². The van der Waals surface area contributed by atoms with Gasteiger partial charge in [-0.2, -0.15) is 0 Å². The van der Waals surface area contributed by atoms with Crippen molar-refractivity contribution in [2.45, 2.75) is 32.5 Å². The first kappa shape index (κ1) is 19.2. The Morgan fingerprint density at radius 3 is 2.55 bits per heavy atom. The summed E-state index contributed by atoms with van der Waals surface area (Å²) < 4.78 is 13.8. The number of furan rings is 1. The topological polar surface area (TPSA) is 86.7 Å². The number of benzene rings is 1. The van der Waals surface area contributed by atoms with Crippen LogP contribution in [-0.4, -0.2) is 51.5 Å². The molecule has 4 rings (SSSR count). The van der Waals surface area contributed by atoms with Crippen molar-refractivity contribution in [2.24, 2.45) is 0 Å². The van der Waals surface area contributed by atoms with E-state index < -0.39 is 0 Å².